The van der Waals surface area contributed by atoms with Gasteiger partial charge in [0.1, 0.15) is 23.9 Å². The molecule has 14 heteroatoms. The minimum absolute atomic E-state index is 0.0285. The van der Waals surface area contributed by atoms with Crippen molar-refractivity contribution in [2.75, 3.05) is 6.61 Å². The van der Waals surface area contributed by atoms with E-state index in [1.165, 1.54) is 37.7 Å². The van der Waals surface area contributed by atoms with Crippen molar-refractivity contribution in [1.29, 1.82) is 0 Å². The second kappa shape index (κ2) is 14.1. The topological polar surface area (TPSA) is 248 Å². The van der Waals surface area contributed by atoms with Crippen LogP contribution >= 0.6 is 0 Å². The van der Waals surface area contributed by atoms with Crippen molar-refractivity contribution in [3.63, 3.8) is 0 Å². The second-order valence-electron chi connectivity index (χ2n) is 15.4. The van der Waals surface area contributed by atoms with E-state index in [4.69, 9.17) is 19.4 Å². The van der Waals surface area contributed by atoms with Crippen molar-refractivity contribution in [3.05, 3.63) is 34.4 Å². The van der Waals surface area contributed by atoms with Crippen molar-refractivity contribution >= 4 is 17.7 Å². The van der Waals surface area contributed by atoms with Gasteiger partial charge in [0.15, 0.2) is 0 Å². The van der Waals surface area contributed by atoms with Gasteiger partial charge in [0.2, 0.25) is 11.7 Å². The SMILES string of the molecule is CC(=O)N[C@@H]([C@@H](O)[C@H](O)[C@H](O)CO)[C@@H](O)CC(=O)C(=O)O.C[C@]12CC[C@H](O)C[C@H]1CC[C@@H]1[C@@H]2CC[C@]2(C)[C@@H](c3ccc(=O)oc3)C[C@H]3O[C@]132. The number of carboxylic acid groups (broad SMARTS) is 1. The summed E-state index contributed by atoms with van der Waals surface area (Å²) in [5, 5.41) is 67.7. The largest absolute Gasteiger partial charge is 0.475 e. The Hall–Kier alpha value is -2.72. The summed E-state index contributed by atoms with van der Waals surface area (Å²) in [7, 11) is 0. The third-order valence-corrected chi connectivity index (χ3v) is 12.9. The summed E-state index contributed by atoms with van der Waals surface area (Å²) in [5.41, 5.74) is 1.44. The van der Waals surface area contributed by atoms with Crippen LogP contribution in [0.15, 0.2) is 27.6 Å². The number of nitrogens with one attached hydrogen (secondary N) is 1. The molecule has 1 aromatic rings. The molecule has 14 atom stereocenters. The number of epoxide rings is 1. The van der Waals surface area contributed by atoms with E-state index in [0.717, 1.165) is 32.1 Å². The van der Waals surface area contributed by atoms with E-state index >= 15 is 0 Å². The Morgan fingerprint density at radius 2 is 1.67 bits per heavy atom. The lowest BCUT2D eigenvalue weighted by Gasteiger charge is -2.61. The maximum absolute atomic E-state index is 11.4. The third kappa shape index (κ3) is 6.73. The first kappa shape index (κ1) is 37.5. The number of ether oxygens (including phenoxy) is 1. The number of aliphatic hydroxyl groups excluding tert-OH is 6. The number of ketones is 1. The van der Waals surface area contributed by atoms with E-state index in [1.807, 2.05) is 11.4 Å². The predicted molar refractivity (Wildman–Crippen MR) is 171 cm³/mol. The summed E-state index contributed by atoms with van der Waals surface area (Å²) in [6, 6.07) is 1.94. The number of carbonyl (C=O) groups is 3. The highest BCUT2D eigenvalue weighted by atomic mass is 16.6. The summed E-state index contributed by atoms with van der Waals surface area (Å²) in [5.74, 6) is -1.42. The Labute approximate surface area is 284 Å². The molecule has 14 nitrogen and oxygen atoms in total. The minimum Gasteiger partial charge on any atom is -0.475 e. The first-order chi connectivity index (χ1) is 23.0. The first-order valence-electron chi connectivity index (χ1n) is 17.3. The Bertz CT molecular complexity index is 1430. The molecular weight excluding hydrogens is 642 g/mol. The summed E-state index contributed by atoms with van der Waals surface area (Å²) >= 11 is 0. The number of fused-ring (bicyclic) bond motifs is 3. The minimum atomic E-state index is -1.94. The summed E-state index contributed by atoms with van der Waals surface area (Å²) in [4.78, 5) is 43.9. The van der Waals surface area contributed by atoms with Gasteiger partial charge in [0.05, 0.1) is 37.2 Å². The van der Waals surface area contributed by atoms with Crippen LogP contribution in [0.2, 0.25) is 0 Å². The van der Waals surface area contributed by atoms with Gasteiger partial charge in [-0.25, -0.2) is 9.59 Å². The molecule has 0 unspecified atom stereocenters. The monoisotopic (exact) mass is 693 g/mol. The molecule has 8 N–H and O–H groups in total. The molecule has 0 radical (unpaired) electrons. The fourth-order valence-electron chi connectivity index (χ4n) is 10.3. The lowest BCUT2D eigenvalue weighted by molar-refractivity contribution is -0.151. The van der Waals surface area contributed by atoms with Crippen molar-refractivity contribution in [1.82, 2.24) is 5.32 Å². The Kier molecular flexibility index (Phi) is 10.8. The van der Waals surface area contributed by atoms with Crippen LogP contribution < -0.4 is 10.9 Å². The van der Waals surface area contributed by atoms with Crippen LogP contribution in [0.3, 0.4) is 0 Å². The number of aliphatic carboxylic acids is 1. The van der Waals surface area contributed by atoms with Crippen molar-refractivity contribution in [3.8, 4) is 0 Å². The van der Waals surface area contributed by atoms with E-state index in [9.17, 15) is 44.7 Å². The Morgan fingerprint density at radius 3 is 2.29 bits per heavy atom. The lowest BCUT2D eigenvalue weighted by Crippen LogP contribution is -2.58. The first-order valence-corrected chi connectivity index (χ1v) is 17.3. The average molecular weight is 694 g/mol. The molecule has 1 saturated heterocycles. The van der Waals surface area contributed by atoms with Gasteiger partial charge in [-0.05, 0) is 92.1 Å². The van der Waals surface area contributed by atoms with Gasteiger partial charge in [0.25, 0.3) is 0 Å². The van der Waals surface area contributed by atoms with Crippen LogP contribution in [-0.2, 0) is 19.1 Å². The zero-order chi connectivity index (χ0) is 36.1. The van der Waals surface area contributed by atoms with Gasteiger partial charge in [-0.15, -0.1) is 0 Å². The highest BCUT2D eigenvalue weighted by molar-refractivity contribution is 6.32. The van der Waals surface area contributed by atoms with Crippen LogP contribution in [0.1, 0.15) is 90.0 Å². The quantitative estimate of drug-likeness (QED) is 0.121. The van der Waals surface area contributed by atoms with Gasteiger partial charge >= 0.3 is 11.6 Å². The summed E-state index contributed by atoms with van der Waals surface area (Å²) < 4.78 is 11.8. The molecule has 5 fully saturated rings. The molecule has 2 heterocycles. The van der Waals surface area contributed by atoms with E-state index in [-0.39, 0.29) is 22.7 Å². The molecule has 49 heavy (non-hydrogen) atoms. The smallest absolute Gasteiger partial charge is 0.372 e. The molecule has 4 aliphatic carbocycles. The van der Waals surface area contributed by atoms with Gasteiger partial charge < -0.3 is 50.2 Å². The number of carbonyl (C=O) groups excluding carboxylic acids is 2. The Morgan fingerprint density at radius 1 is 0.959 bits per heavy atom. The lowest BCUT2D eigenvalue weighted by atomic mass is 9.44. The molecule has 6 rings (SSSR count). The van der Waals surface area contributed by atoms with Crippen LogP contribution in [0, 0.1) is 28.6 Å². The highest BCUT2D eigenvalue weighted by Crippen LogP contribution is 2.77. The summed E-state index contributed by atoms with van der Waals surface area (Å²) in [6.45, 7) is 5.11. The van der Waals surface area contributed by atoms with Crippen molar-refractivity contribution in [2.45, 2.75) is 133 Å². The van der Waals surface area contributed by atoms with Crippen molar-refractivity contribution in [2.24, 2.45) is 28.6 Å². The highest BCUT2D eigenvalue weighted by Gasteiger charge is 2.80. The van der Waals surface area contributed by atoms with Gasteiger partial charge in [-0.3, -0.25) is 9.59 Å². The fourth-order valence-corrected chi connectivity index (χ4v) is 10.3. The fraction of sp³-hybridized carbons (Fsp3) is 0.771. The molecule has 4 saturated carbocycles. The van der Waals surface area contributed by atoms with Gasteiger partial charge in [0, 0.05) is 24.8 Å². The van der Waals surface area contributed by atoms with E-state index in [0.29, 0.717) is 29.3 Å². The maximum Gasteiger partial charge on any atom is 0.372 e. The number of hydrogen-bond acceptors (Lipinski definition) is 12. The number of rotatable bonds is 10. The normalized spacial score (nSPS) is 38.8. The average Bonchev–Trinajstić information content (AvgIpc) is 3.72. The van der Waals surface area contributed by atoms with Crippen LogP contribution in [-0.4, -0.2) is 108 Å². The number of aliphatic hydroxyl groups is 6. The zero-order valence-corrected chi connectivity index (χ0v) is 28.2. The van der Waals surface area contributed by atoms with Gasteiger partial charge in [-0.2, -0.15) is 0 Å². The van der Waals surface area contributed by atoms with E-state index < -0.39 is 61.1 Å². The van der Waals surface area contributed by atoms with E-state index in [1.54, 1.807) is 12.3 Å². The molecule has 1 aliphatic heterocycles. The molecule has 274 valence electrons. The number of Topliss-reactive ketones (excluding diaryl/α,β-unsaturated/α-hetero) is 1. The molecular formula is C35H51NO13. The number of hydrogen-bond donors (Lipinski definition) is 8. The van der Waals surface area contributed by atoms with Crippen molar-refractivity contribution < 1.29 is 59.3 Å². The number of amides is 1. The van der Waals surface area contributed by atoms with Gasteiger partial charge in [-0.1, -0.05) is 13.8 Å². The number of carboxylic acids is 1. The third-order valence-electron chi connectivity index (χ3n) is 12.9. The van der Waals surface area contributed by atoms with Crippen LogP contribution in [0.25, 0.3) is 0 Å². The maximum atomic E-state index is 11.4. The molecule has 0 bridgehead atoms. The molecule has 5 aliphatic rings. The molecule has 1 aromatic heterocycles. The molecule has 1 spiro atoms. The van der Waals surface area contributed by atoms with Crippen LogP contribution in [0.5, 0.6) is 0 Å². The van der Waals surface area contributed by atoms with Crippen LogP contribution in [0.4, 0.5) is 0 Å². The summed E-state index contributed by atoms with van der Waals surface area (Å²) in [6.07, 6.45) is 2.80. The predicted octanol–water partition coefficient (Wildman–Crippen LogP) is 0.229. The Balaban J connectivity index is 0.000000202. The second-order valence-corrected chi connectivity index (χ2v) is 15.4. The zero-order valence-electron chi connectivity index (χ0n) is 28.2. The standard InChI is InChI=1S/C24H32O4.C11H19NO9/c1-22-9-7-16(25)11-15(22)4-5-18-17(22)8-10-23(2)19(12-20-24(18,23)28-20)14-3-6-21(26)27-13-14;1-4(14)12-8(5(15)2-6(16)11(20)21)10(19)9(18)7(17)3-13/h3,6,13,15-20,25H,4-5,7-12H2,1-2H3;5,7-10,13,15,17-19H,2-3H2,1H3,(H,12,14)(H,20,21)/t15-,16+,17+,18-,19-,20-,22+,23-,24-;5-,7+,8+,9+,10+/m10/s1. The van der Waals surface area contributed by atoms with E-state index in [2.05, 4.69) is 13.8 Å². The molecule has 1 amide bonds. The molecule has 0 aromatic carbocycles.